The fourth-order valence-corrected chi connectivity index (χ4v) is 1.65. The highest BCUT2D eigenvalue weighted by atomic mass is 16.5. The largest absolute Gasteiger partial charge is 0.482 e. The predicted molar refractivity (Wildman–Crippen MR) is 71.2 cm³/mol. The lowest BCUT2D eigenvalue weighted by atomic mass is 10.2. The van der Waals surface area contributed by atoms with E-state index >= 15 is 0 Å². The van der Waals surface area contributed by atoms with Crippen LogP contribution in [-0.4, -0.2) is 41.5 Å². The lowest BCUT2D eigenvalue weighted by Gasteiger charge is -2.09. The lowest BCUT2D eigenvalue weighted by molar-refractivity contribution is -0.139. The summed E-state index contributed by atoms with van der Waals surface area (Å²) in [6.45, 7) is -0.400. The highest BCUT2D eigenvalue weighted by Crippen LogP contribution is 2.17. The molecule has 1 saturated heterocycles. The van der Waals surface area contributed by atoms with Crippen molar-refractivity contribution >= 4 is 23.9 Å². The molecule has 0 bridgehead atoms. The molecule has 1 aromatic carbocycles. The van der Waals surface area contributed by atoms with Crippen LogP contribution in [0.1, 0.15) is 5.56 Å². The molecular formula is C13H13N3O4. The first-order valence-electron chi connectivity index (χ1n) is 5.77. The summed E-state index contributed by atoms with van der Waals surface area (Å²) in [5.41, 5.74) is 1.12. The Bertz CT molecular complexity index is 592. The van der Waals surface area contributed by atoms with Crippen molar-refractivity contribution in [1.29, 1.82) is 5.41 Å². The topological polar surface area (TPSA) is 103 Å². The maximum atomic E-state index is 11.6. The first kappa shape index (κ1) is 13.6. The van der Waals surface area contributed by atoms with Crippen molar-refractivity contribution in [2.24, 2.45) is 0 Å². The van der Waals surface area contributed by atoms with Gasteiger partial charge >= 0.3 is 5.97 Å². The number of carboxylic acids is 1. The molecule has 0 aromatic heterocycles. The summed E-state index contributed by atoms with van der Waals surface area (Å²) >= 11 is 0. The minimum Gasteiger partial charge on any atom is -0.482 e. The van der Waals surface area contributed by atoms with Gasteiger partial charge in [-0.05, 0) is 23.8 Å². The molecule has 1 aromatic rings. The summed E-state index contributed by atoms with van der Waals surface area (Å²) in [6, 6.07) is 6.64. The molecule has 0 aliphatic carbocycles. The third kappa shape index (κ3) is 2.94. The van der Waals surface area contributed by atoms with Gasteiger partial charge in [-0.2, -0.15) is 0 Å². The summed E-state index contributed by atoms with van der Waals surface area (Å²) in [6.07, 6.45) is 1.64. The Labute approximate surface area is 115 Å². The van der Waals surface area contributed by atoms with Crippen molar-refractivity contribution in [2.75, 3.05) is 13.7 Å². The van der Waals surface area contributed by atoms with Gasteiger partial charge in [0.1, 0.15) is 11.4 Å². The van der Waals surface area contributed by atoms with Crippen LogP contribution < -0.4 is 10.1 Å². The number of guanidine groups is 1. The monoisotopic (exact) mass is 275 g/mol. The highest BCUT2D eigenvalue weighted by molar-refractivity contribution is 6.14. The van der Waals surface area contributed by atoms with E-state index in [0.29, 0.717) is 11.4 Å². The average molecular weight is 275 g/mol. The van der Waals surface area contributed by atoms with E-state index in [1.807, 2.05) is 0 Å². The van der Waals surface area contributed by atoms with Gasteiger partial charge in [0.15, 0.2) is 6.61 Å². The smallest absolute Gasteiger partial charge is 0.341 e. The zero-order valence-electron chi connectivity index (χ0n) is 10.7. The minimum atomic E-state index is -1.04. The number of carbonyl (C=O) groups is 2. The molecule has 2 rings (SSSR count). The first-order valence-corrected chi connectivity index (χ1v) is 5.77. The third-order valence-corrected chi connectivity index (χ3v) is 2.71. The molecule has 1 aliphatic heterocycles. The molecule has 1 heterocycles. The fraction of sp³-hybridized carbons (Fsp3) is 0.154. The van der Waals surface area contributed by atoms with E-state index in [2.05, 4.69) is 5.32 Å². The van der Waals surface area contributed by atoms with E-state index < -0.39 is 12.6 Å². The number of aliphatic carboxylic acids is 1. The van der Waals surface area contributed by atoms with Gasteiger partial charge in [0.25, 0.3) is 5.91 Å². The molecule has 0 atom stereocenters. The standard InChI is InChI=1S/C13H13N3O4/c1-16-10(12(19)15-13(16)14)6-8-2-4-9(5-3-8)20-7-11(17)18/h2-6H,7H2,1H3,(H,17,18)(H2,14,15,19). The number of likely N-dealkylation sites (N-methyl/N-ethyl adjacent to an activating group) is 1. The Morgan fingerprint density at radius 3 is 2.60 bits per heavy atom. The Kier molecular flexibility index (Phi) is 3.69. The molecule has 3 N–H and O–H groups in total. The molecule has 7 nitrogen and oxygen atoms in total. The molecule has 7 heteroatoms. The number of carboxylic acid groups (broad SMARTS) is 1. The van der Waals surface area contributed by atoms with Crippen molar-refractivity contribution in [1.82, 2.24) is 10.2 Å². The van der Waals surface area contributed by atoms with Crippen LogP contribution in [-0.2, 0) is 9.59 Å². The van der Waals surface area contributed by atoms with Crippen molar-refractivity contribution in [2.45, 2.75) is 0 Å². The lowest BCUT2D eigenvalue weighted by Crippen LogP contribution is -2.25. The van der Waals surface area contributed by atoms with Crippen molar-refractivity contribution in [3.63, 3.8) is 0 Å². The number of ether oxygens (including phenoxy) is 1. The maximum absolute atomic E-state index is 11.6. The van der Waals surface area contributed by atoms with E-state index in [4.69, 9.17) is 15.3 Å². The maximum Gasteiger partial charge on any atom is 0.341 e. The predicted octanol–water partition coefficient (Wildman–Crippen LogP) is 0.487. The van der Waals surface area contributed by atoms with Gasteiger partial charge < -0.3 is 14.7 Å². The summed E-state index contributed by atoms with van der Waals surface area (Å²) in [7, 11) is 1.62. The van der Waals surface area contributed by atoms with Crippen LogP contribution in [0.4, 0.5) is 0 Å². The fourth-order valence-electron chi connectivity index (χ4n) is 1.65. The molecule has 20 heavy (non-hydrogen) atoms. The van der Waals surface area contributed by atoms with Gasteiger partial charge in [-0.15, -0.1) is 0 Å². The number of amides is 1. The Morgan fingerprint density at radius 1 is 1.45 bits per heavy atom. The molecule has 1 fully saturated rings. The second-order valence-electron chi connectivity index (χ2n) is 4.14. The van der Waals surface area contributed by atoms with Gasteiger partial charge in [0.2, 0.25) is 5.96 Å². The SMILES string of the molecule is CN1C(=N)NC(=O)C1=Cc1ccc(OCC(=O)O)cc1. The molecule has 104 valence electrons. The van der Waals surface area contributed by atoms with Gasteiger partial charge in [0, 0.05) is 7.05 Å². The number of nitrogens with zero attached hydrogens (tertiary/aromatic N) is 1. The van der Waals surface area contributed by atoms with Crippen LogP contribution in [0.3, 0.4) is 0 Å². The van der Waals surface area contributed by atoms with Crippen LogP contribution >= 0.6 is 0 Å². The molecular weight excluding hydrogens is 262 g/mol. The average Bonchev–Trinajstić information content (AvgIpc) is 2.64. The van der Waals surface area contributed by atoms with Gasteiger partial charge in [-0.3, -0.25) is 15.5 Å². The number of hydrogen-bond donors (Lipinski definition) is 3. The van der Waals surface area contributed by atoms with Crippen molar-refractivity contribution in [3.05, 3.63) is 35.5 Å². The van der Waals surface area contributed by atoms with Gasteiger partial charge in [0.05, 0.1) is 0 Å². The number of carbonyl (C=O) groups excluding carboxylic acids is 1. The molecule has 0 saturated carbocycles. The quantitative estimate of drug-likeness (QED) is 0.694. The van der Waals surface area contributed by atoms with Gasteiger partial charge in [-0.25, -0.2) is 4.79 Å². The Morgan fingerprint density at radius 2 is 2.10 bits per heavy atom. The molecule has 0 radical (unpaired) electrons. The van der Waals surface area contributed by atoms with Crippen LogP contribution in [0, 0.1) is 5.41 Å². The molecule has 1 amide bonds. The first-order chi connectivity index (χ1) is 9.47. The zero-order valence-corrected chi connectivity index (χ0v) is 10.7. The van der Waals surface area contributed by atoms with E-state index in [-0.39, 0.29) is 11.9 Å². The summed E-state index contributed by atoms with van der Waals surface area (Å²) < 4.78 is 5.01. The Balaban J connectivity index is 2.12. The number of hydrogen-bond acceptors (Lipinski definition) is 4. The summed E-state index contributed by atoms with van der Waals surface area (Å²) in [5, 5.41) is 18.4. The zero-order chi connectivity index (χ0) is 14.7. The van der Waals surface area contributed by atoms with E-state index in [1.54, 1.807) is 37.4 Å². The van der Waals surface area contributed by atoms with E-state index in [9.17, 15) is 9.59 Å². The Hall–Kier alpha value is -2.83. The highest BCUT2D eigenvalue weighted by Gasteiger charge is 2.26. The van der Waals surface area contributed by atoms with Crippen molar-refractivity contribution in [3.8, 4) is 5.75 Å². The number of nitrogens with one attached hydrogen (secondary N) is 2. The molecule has 0 spiro atoms. The van der Waals surface area contributed by atoms with Crippen LogP contribution in [0.5, 0.6) is 5.75 Å². The van der Waals surface area contributed by atoms with E-state index in [1.165, 1.54) is 4.90 Å². The molecule has 1 aliphatic rings. The van der Waals surface area contributed by atoms with Gasteiger partial charge in [-0.1, -0.05) is 12.1 Å². The normalized spacial score (nSPS) is 16.4. The van der Waals surface area contributed by atoms with Crippen LogP contribution in [0.15, 0.2) is 30.0 Å². The van der Waals surface area contributed by atoms with E-state index in [0.717, 1.165) is 5.56 Å². The second kappa shape index (κ2) is 5.43. The third-order valence-electron chi connectivity index (χ3n) is 2.71. The van der Waals surface area contributed by atoms with Crippen LogP contribution in [0.25, 0.3) is 6.08 Å². The molecule has 0 unspecified atom stereocenters. The summed E-state index contributed by atoms with van der Waals surface area (Å²) in [5.74, 6) is -0.906. The second-order valence-corrected chi connectivity index (χ2v) is 4.14. The number of benzene rings is 1. The van der Waals surface area contributed by atoms with Crippen LogP contribution in [0.2, 0.25) is 0 Å². The minimum absolute atomic E-state index is 0.0302. The summed E-state index contributed by atoms with van der Waals surface area (Å²) in [4.78, 5) is 23.4. The number of rotatable bonds is 4. The van der Waals surface area contributed by atoms with Crippen molar-refractivity contribution < 1.29 is 19.4 Å².